The van der Waals surface area contributed by atoms with Crippen LogP contribution >= 0.6 is 0 Å². The molecule has 0 aliphatic rings. The van der Waals surface area contributed by atoms with Gasteiger partial charge in [0.15, 0.2) is 0 Å². The minimum Gasteiger partial charge on any atom is -0.455 e. The van der Waals surface area contributed by atoms with Crippen LogP contribution in [0.3, 0.4) is 0 Å². The Kier molecular flexibility index (Phi) is 7.53. The van der Waals surface area contributed by atoms with Crippen LogP contribution in [0.4, 0.5) is 17.1 Å². The second-order valence-corrected chi connectivity index (χ2v) is 14.5. The van der Waals surface area contributed by atoms with Crippen molar-refractivity contribution in [2.45, 2.75) is 0 Å². The molecule has 0 N–H and O–H groups in total. The lowest BCUT2D eigenvalue weighted by atomic mass is 9.92. The molecule has 56 heavy (non-hydrogen) atoms. The lowest BCUT2D eigenvalue weighted by Crippen LogP contribution is -2.11. The number of furan rings is 1. The van der Waals surface area contributed by atoms with Crippen LogP contribution < -0.4 is 4.90 Å². The van der Waals surface area contributed by atoms with E-state index in [1.807, 2.05) is 0 Å². The van der Waals surface area contributed by atoms with Crippen LogP contribution in [0.5, 0.6) is 0 Å². The van der Waals surface area contributed by atoms with Gasteiger partial charge in [-0.15, -0.1) is 0 Å². The van der Waals surface area contributed by atoms with E-state index in [2.05, 4.69) is 217 Å². The van der Waals surface area contributed by atoms with Crippen molar-refractivity contribution in [3.8, 4) is 33.4 Å². The molecule has 0 spiro atoms. The third-order valence-electron chi connectivity index (χ3n) is 11.2. The molecule has 0 atom stereocenters. The molecule has 1 heterocycles. The number of fused-ring (bicyclic) bond motifs is 7. The number of anilines is 3. The molecule has 0 fully saturated rings. The molecule has 0 saturated carbocycles. The highest BCUT2D eigenvalue weighted by Crippen LogP contribution is 2.49. The second kappa shape index (κ2) is 13.2. The standard InChI is InChI=1S/C54H35NO/c1-2-14-36(15-3-1)38-28-30-40(31-29-38)44-21-10-11-25-50(44)55(42-33-32-37-16-4-5-18-41(37)34-42)51-26-13-27-52-53(51)49-35-48(46-22-8-9-23-47(46)54(49)56-52)45-24-12-19-39-17-6-7-20-43(39)45/h1-35H. The minimum absolute atomic E-state index is 0.855. The van der Waals surface area contributed by atoms with Crippen LogP contribution in [-0.2, 0) is 0 Å². The zero-order valence-corrected chi connectivity index (χ0v) is 30.6. The van der Waals surface area contributed by atoms with E-state index in [0.29, 0.717) is 0 Å². The van der Waals surface area contributed by atoms with Crippen LogP contribution in [0.2, 0.25) is 0 Å². The van der Waals surface area contributed by atoms with Crippen LogP contribution in [-0.4, -0.2) is 0 Å². The molecule has 0 amide bonds. The van der Waals surface area contributed by atoms with Crippen molar-refractivity contribution in [3.05, 3.63) is 212 Å². The Hall–Kier alpha value is -7.42. The lowest BCUT2D eigenvalue weighted by molar-refractivity contribution is 0.672. The largest absolute Gasteiger partial charge is 0.455 e. The topological polar surface area (TPSA) is 16.4 Å². The van der Waals surface area contributed by atoms with Gasteiger partial charge in [0.05, 0.1) is 16.8 Å². The van der Waals surface area contributed by atoms with Gasteiger partial charge >= 0.3 is 0 Å². The highest BCUT2D eigenvalue weighted by Gasteiger charge is 2.24. The molecule has 1 aromatic heterocycles. The first-order valence-electron chi connectivity index (χ1n) is 19.2. The van der Waals surface area contributed by atoms with Gasteiger partial charge in [-0.1, -0.05) is 176 Å². The van der Waals surface area contributed by atoms with Gasteiger partial charge in [-0.3, -0.25) is 0 Å². The summed E-state index contributed by atoms with van der Waals surface area (Å²) < 4.78 is 6.92. The number of hydrogen-bond donors (Lipinski definition) is 0. The first-order valence-corrected chi connectivity index (χ1v) is 19.2. The van der Waals surface area contributed by atoms with Gasteiger partial charge in [0.1, 0.15) is 11.2 Å². The maximum atomic E-state index is 6.92. The molecular formula is C54H35NO. The Labute approximate surface area is 325 Å². The molecule has 0 unspecified atom stereocenters. The first kappa shape index (κ1) is 32.0. The summed E-state index contributed by atoms with van der Waals surface area (Å²) in [6.07, 6.45) is 0. The zero-order chi connectivity index (χ0) is 37.0. The van der Waals surface area contributed by atoms with Gasteiger partial charge in [0.2, 0.25) is 0 Å². The quantitative estimate of drug-likeness (QED) is 0.171. The van der Waals surface area contributed by atoms with Crippen molar-refractivity contribution in [2.75, 3.05) is 4.90 Å². The highest BCUT2D eigenvalue weighted by atomic mass is 16.3. The molecule has 0 radical (unpaired) electrons. The van der Waals surface area contributed by atoms with E-state index in [1.54, 1.807) is 0 Å². The van der Waals surface area contributed by atoms with Crippen molar-refractivity contribution in [1.29, 1.82) is 0 Å². The molecule has 0 bridgehead atoms. The minimum atomic E-state index is 0.855. The summed E-state index contributed by atoms with van der Waals surface area (Å²) in [4.78, 5) is 2.43. The number of hydrogen-bond acceptors (Lipinski definition) is 2. The second-order valence-electron chi connectivity index (χ2n) is 14.5. The Morgan fingerprint density at radius 3 is 1.79 bits per heavy atom. The van der Waals surface area contributed by atoms with Gasteiger partial charge in [0.25, 0.3) is 0 Å². The molecule has 0 aliphatic heterocycles. The van der Waals surface area contributed by atoms with E-state index < -0.39 is 0 Å². The molecule has 11 rings (SSSR count). The summed E-state index contributed by atoms with van der Waals surface area (Å²) in [6, 6.07) is 76.4. The van der Waals surface area contributed by atoms with E-state index >= 15 is 0 Å². The predicted molar refractivity (Wildman–Crippen MR) is 237 cm³/mol. The molecule has 2 heteroatoms. The van der Waals surface area contributed by atoms with E-state index in [1.165, 1.54) is 49.2 Å². The van der Waals surface area contributed by atoms with E-state index in [0.717, 1.165) is 55.5 Å². The predicted octanol–water partition coefficient (Wildman–Crippen LogP) is 15.5. The van der Waals surface area contributed by atoms with E-state index in [9.17, 15) is 0 Å². The monoisotopic (exact) mass is 713 g/mol. The van der Waals surface area contributed by atoms with Gasteiger partial charge in [-0.2, -0.15) is 0 Å². The zero-order valence-electron chi connectivity index (χ0n) is 30.6. The Balaban J connectivity index is 1.19. The summed E-state index contributed by atoms with van der Waals surface area (Å²) in [5.74, 6) is 0. The molecule has 2 nitrogen and oxygen atoms in total. The molecule has 10 aromatic carbocycles. The molecule has 262 valence electrons. The first-order chi connectivity index (χ1) is 27.8. The fourth-order valence-electron chi connectivity index (χ4n) is 8.61. The third-order valence-corrected chi connectivity index (χ3v) is 11.2. The number of benzene rings is 10. The fourth-order valence-corrected chi connectivity index (χ4v) is 8.61. The molecule has 0 aliphatic carbocycles. The van der Waals surface area contributed by atoms with Crippen LogP contribution in [0.15, 0.2) is 217 Å². The maximum Gasteiger partial charge on any atom is 0.143 e. The average Bonchev–Trinajstić information content (AvgIpc) is 3.66. The van der Waals surface area contributed by atoms with Gasteiger partial charge in [0, 0.05) is 22.0 Å². The van der Waals surface area contributed by atoms with Gasteiger partial charge < -0.3 is 9.32 Å². The Morgan fingerprint density at radius 1 is 0.321 bits per heavy atom. The smallest absolute Gasteiger partial charge is 0.143 e. The van der Waals surface area contributed by atoms with Crippen LogP contribution in [0.1, 0.15) is 0 Å². The summed E-state index contributed by atoms with van der Waals surface area (Å²) in [6.45, 7) is 0. The van der Waals surface area contributed by atoms with E-state index in [-0.39, 0.29) is 0 Å². The van der Waals surface area contributed by atoms with E-state index in [4.69, 9.17) is 4.42 Å². The van der Waals surface area contributed by atoms with Crippen LogP contribution in [0, 0.1) is 0 Å². The summed E-state index contributed by atoms with van der Waals surface area (Å²) in [5, 5.41) is 9.30. The molecule has 11 aromatic rings. The van der Waals surface area contributed by atoms with Crippen molar-refractivity contribution in [2.24, 2.45) is 0 Å². The summed E-state index contributed by atoms with van der Waals surface area (Å²) in [7, 11) is 0. The average molecular weight is 714 g/mol. The Bertz CT molecular complexity index is 3240. The van der Waals surface area contributed by atoms with Crippen molar-refractivity contribution in [1.82, 2.24) is 0 Å². The molecular weight excluding hydrogens is 679 g/mol. The highest BCUT2D eigenvalue weighted by molar-refractivity contribution is 6.23. The van der Waals surface area contributed by atoms with Gasteiger partial charge in [-0.05, 0) is 91.1 Å². The number of para-hydroxylation sites is 1. The molecule has 0 saturated heterocycles. The lowest BCUT2D eigenvalue weighted by Gasteiger charge is -2.29. The normalized spacial score (nSPS) is 11.6. The number of nitrogens with zero attached hydrogens (tertiary/aromatic N) is 1. The Morgan fingerprint density at radius 2 is 0.929 bits per heavy atom. The summed E-state index contributed by atoms with van der Waals surface area (Å²) >= 11 is 0. The van der Waals surface area contributed by atoms with Crippen molar-refractivity contribution in [3.63, 3.8) is 0 Å². The summed E-state index contributed by atoms with van der Waals surface area (Å²) in [5.41, 5.74) is 12.1. The number of rotatable bonds is 6. The SMILES string of the molecule is c1ccc(-c2ccc(-c3ccccc3N(c3ccc4ccccc4c3)c3cccc4oc5c6ccccc6c(-c6cccc7ccccc67)cc5c34)cc2)cc1. The van der Waals surface area contributed by atoms with Crippen LogP contribution in [0.25, 0.3) is 87.6 Å². The van der Waals surface area contributed by atoms with Crippen molar-refractivity contribution < 1.29 is 4.42 Å². The van der Waals surface area contributed by atoms with Gasteiger partial charge in [-0.25, -0.2) is 0 Å². The maximum absolute atomic E-state index is 6.92. The fraction of sp³-hybridized carbons (Fsp3) is 0. The third kappa shape index (κ3) is 5.26. The van der Waals surface area contributed by atoms with Crippen molar-refractivity contribution >= 4 is 71.3 Å².